The summed E-state index contributed by atoms with van der Waals surface area (Å²) < 4.78 is 11.7. The first-order valence-electron chi connectivity index (χ1n) is 7.53. The fourth-order valence-corrected chi connectivity index (χ4v) is 3.32. The van der Waals surface area contributed by atoms with Crippen molar-refractivity contribution in [2.75, 3.05) is 11.6 Å². The van der Waals surface area contributed by atoms with E-state index in [2.05, 4.69) is 41.2 Å². The third-order valence-corrected chi connectivity index (χ3v) is 8.65. The number of carbonyl (C=O) groups excluding carboxylic acids is 1. The van der Waals surface area contributed by atoms with Gasteiger partial charge in [0.2, 0.25) is 0 Å². The van der Waals surface area contributed by atoms with Crippen molar-refractivity contribution in [3.05, 3.63) is 48.0 Å². The Labute approximate surface area is 143 Å². The van der Waals surface area contributed by atoms with E-state index < -0.39 is 8.32 Å². The standard InChI is InChI=1S/C17H25BrO3Si/c1-22(2,15-18)21-17(11-12-19)10-6-7-13-20-14-16-8-4-3-5-9-16/h3-6,8-10,12,17H,7,11,13-15H2,1-2H3/b10-6+. The third-order valence-electron chi connectivity index (χ3n) is 3.01. The first kappa shape index (κ1) is 19.3. The molecule has 1 aromatic rings. The van der Waals surface area contributed by atoms with Crippen LogP contribution in [0.25, 0.3) is 0 Å². The van der Waals surface area contributed by atoms with Gasteiger partial charge < -0.3 is 14.0 Å². The highest BCUT2D eigenvalue weighted by atomic mass is 79.9. The van der Waals surface area contributed by atoms with Gasteiger partial charge in [0.1, 0.15) is 6.29 Å². The first-order chi connectivity index (χ1) is 10.6. The van der Waals surface area contributed by atoms with Crippen LogP contribution < -0.4 is 0 Å². The molecule has 0 N–H and O–H groups in total. The van der Waals surface area contributed by atoms with Crippen molar-refractivity contribution in [1.29, 1.82) is 0 Å². The summed E-state index contributed by atoms with van der Waals surface area (Å²) >= 11 is 3.48. The number of halogens is 1. The summed E-state index contributed by atoms with van der Waals surface area (Å²) in [7, 11) is -1.72. The summed E-state index contributed by atoms with van der Waals surface area (Å²) in [6.07, 6.45) is 6.05. The topological polar surface area (TPSA) is 35.5 Å². The molecule has 0 spiro atoms. The van der Waals surface area contributed by atoms with Crippen molar-refractivity contribution >= 4 is 30.5 Å². The number of aldehydes is 1. The molecule has 0 heterocycles. The second-order valence-corrected chi connectivity index (χ2v) is 11.4. The molecule has 1 rings (SSSR count). The van der Waals surface area contributed by atoms with E-state index in [1.807, 2.05) is 30.4 Å². The molecule has 0 saturated heterocycles. The van der Waals surface area contributed by atoms with Crippen LogP contribution in [0, 0.1) is 0 Å². The molecule has 0 radical (unpaired) electrons. The van der Waals surface area contributed by atoms with E-state index in [0.29, 0.717) is 19.6 Å². The fraction of sp³-hybridized carbons (Fsp3) is 0.471. The number of ether oxygens (including phenoxy) is 1. The number of hydrogen-bond donors (Lipinski definition) is 0. The van der Waals surface area contributed by atoms with E-state index in [0.717, 1.165) is 17.7 Å². The molecular weight excluding hydrogens is 360 g/mol. The Kier molecular flexibility index (Phi) is 9.55. The van der Waals surface area contributed by atoms with Gasteiger partial charge in [0.15, 0.2) is 8.32 Å². The Morgan fingerprint density at radius 3 is 2.64 bits per heavy atom. The normalized spacial score (nSPS) is 13.4. The molecule has 22 heavy (non-hydrogen) atoms. The van der Waals surface area contributed by atoms with E-state index >= 15 is 0 Å². The lowest BCUT2D eigenvalue weighted by atomic mass is 10.2. The van der Waals surface area contributed by atoms with E-state index in [4.69, 9.17) is 9.16 Å². The maximum absolute atomic E-state index is 10.7. The average Bonchev–Trinajstić information content (AvgIpc) is 2.51. The number of hydrogen-bond acceptors (Lipinski definition) is 3. The largest absolute Gasteiger partial charge is 0.410 e. The van der Waals surface area contributed by atoms with Crippen molar-refractivity contribution in [3.63, 3.8) is 0 Å². The number of carbonyl (C=O) groups is 1. The minimum absolute atomic E-state index is 0.120. The second kappa shape index (κ2) is 10.9. The van der Waals surface area contributed by atoms with Gasteiger partial charge in [-0.1, -0.05) is 58.4 Å². The monoisotopic (exact) mass is 384 g/mol. The van der Waals surface area contributed by atoms with Crippen LogP contribution in [-0.2, 0) is 20.6 Å². The molecule has 0 aromatic heterocycles. The molecule has 0 amide bonds. The SMILES string of the molecule is C[Si](C)(CBr)OC(/C=C/CCOCc1ccccc1)CC=O. The smallest absolute Gasteiger partial charge is 0.197 e. The predicted octanol–water partition coefficient (Wildman–Crippen LogP) is 4.26. The van der Waals surface area contributed by atoms with E-state index in [9.17, 15) is 4.79 Å². The summed E-state index contributed by atoms with van der Waals surface area (Å²) in [5.41, 5.74) is 1.18. The van der Waals surface area contributed by atoms with Crippen molar-refractivity contribution < 1.29 is 14.0 Å². The number of alkyl halides is 1. The summed E-state index contributed by atoms with van der Waals surface area (Å²) in [4.78, 5) is 11.6. The highest BCUT2D eigenvalue weighted by molar-refractivity contribution is 9.09. The molecule has 0 aliphatic heterocycles. The summed E-state index contributed by atoms with van der Waals surface area (Å²) in [6.45, 7) is 5.57. The van der Waals surface area contributed by atoms with E-state index in [1.165, 1.54) is 5.56 Å². The zero-order valence-corrected chi connectivity index (χ0v) is 15.9. The Morgan fingerprint density at radius 1 is 1.27 bits per heavy atom. The summed E-state index contributed by atoms with van der Waals surface area (Å²) in [5.74, 6) is 0. The van der Waals surface area contributed by atoms with Gasteiger partial charge in [-0.3, -0.25) is 0 Å². The van der Waals surface area contributed by atoms with Crippen molar-refractivity contribution in [2.45, 2.75) is 38.6 Å². The lowest BCUT2D eigenvalue weighted by Gasteiger charge is -2.24. The lowest BCUT2D eigenvalue weighted by molar-refractivity contribution is -0.108. The molecule has 5 heteroatoms. The summed E-state index contributed by atoms with van der Waals surface area (Å²) in [5, 5.41) is 0. The van der Waals surface area contributed by atoms with Crippen LogP contribution in [-0.4, -0.2) is 32.3 Å². The minimum Gasteiger partial charge on any atom is -0.410 e. The van der Waals surface area contributed by atoms with E-state index in [-0.39, 0.29) is 6.10 Å². The van der Waals surface area contributed by atoms with Crippen molar-refractivity contribution in [1.82, 2.24) is 0 Å². The molecular formula is C17H25BrO3Si. The van der Waals surface area contributed by atoms with Crippen molar-refractivity contribution in [2.24, 2.45) is 0 Å². The minimum atomic E-state index is -1.72. The zero-order valence-electron chi connectivity index (χ0n) is 13.3. The molecule has 0 saturated carbocycles. The third kappa shape index (κ3) is 8.63. The van der Waals surface area contributed by atoms with Gasteiger partial charge in [0.25, 0.3) is 0 Å². The second-order valence-electron chi connectivity index (χ2n) is 5.71. The molecule has 1 aromatic carbocycles. The molecule has 0 fully saturated rings. The number of benzene rings is 1. The Balaban J connectivity index is 2.27. The molecule has 0 bridgehead atoms. The van der Waals surface area contributed by atoms with Gasteiger partial charge in [-0.15, -0.1) is 0 Å². The highest BCUT2D eigenvalue weighted by Gasteiger charge is 2.24. The average molecular weight is 385 g/mol. The van der Waals surface area contributed by atoms with Crippen LogP contribution in [0.3, 0.4) is 0 Å². The number of rotatable bonds is 11. The Morgan fingerprint density at radius 2 is 2.00 bits per heavy atom. The molecule has 0 aliphatic carbocycles. The van der Waals surface area contributed by atoms with Crippen LogP contribution in [0.2, 0.25) is 13.1 Å². The molecule has 122 valence electrons. The lowest BCUT2D eigenvalue weighted by Crippen LogP contribution is -2.37. The van der Waals surface area contributed by atoms with Crippen LogP contribution in [0.4, 0.5) is 0 Å². The Bertz CT molecular complexity index is 448. The summed E-state index contributed by atoms with van der Waals surface area (Å²) in [6, 6.07) is 10.1. The maximum Gasteiger partial charge on any atom is 0.197 e. The van der Waals surface area contributed by atoms with Gasteiger partial charge in [0, 0.05) is 11.4 Å². The quantitative estimate of drug-likeness (QED) is 0.188. The van der Waals surface area contributed by atoms with Gasteiger partial charge >= 0.3 is 0 Å². The van der Waals surface area contributed by atoms with Gasteiger partial charge in [-0.2, -0.15) is 0 Å². The molecule has 3 nitrogen and oxygen atoms in total. The first-order valence-corrected chi connectivity index (χ1v) is 11.8. The van der Waals surface area contributed by atoms with E-state index in [1.54, 1.807) is 0 Å². The van der Waals surface area contributed by atoms with Crippen molar-refractivity contribution in [3.8, 4) is 0 Å². The maximum atomic E-state index is 10.7. The molecule has 0 aliphatic rings. The zero-order chi connectivity index (χ0) is 16.3. The molecule has 1 atom stereocenters. The highest BCUT2D eigenvalue weighted by Crippen LogP contribution is 2.14. The van der Waals surface area contributed by atoms with Crippen LogP contribution in [0.1, 0.15) is 18.4 Å². The Hall–Kier alpha value is -0.753. The van der Waals surface area contributed by atoms with Gasteiger partial charge in [0.05, 0.1) is 19.3 Å². The van der Waals surface area contributed by atoms with Crippen LogP contribution in [0.15, 0.2) is 42.5 Å². The van der Waals surface area contributed by atoms with Crippen LogP contribution >= 0.6 is 15.9 Å². The van der Waals surface area contributed by atoms with Gasteiger partial charge in [-0.05, 0) is 25.1 Å². The fourth-order valence-electron chi connectivity index (χ4n) is 1.87. The molecule has 1 unspecified atom stereocenters. The van der Waals surface area contributed by atoms with Gasteiger partial charge in [-0.25, -0.2) is 0 Å². The van der Waals surface area contributed by atoms with Crippen LogP contribution in [0.5, 0.6) is 0 Å². The predicted molar refractivity (Wildman–Crippen MR) is 96.7 cm³/mol.